The van der Waals surface area contributed by atoms with Crippen LogP contribution in [0.4, 0.5) is 23.0 Å². The van der Waals surface area contributed by atoms with Crippen LogP contribution in [0, 0.1) is 6.92 Å². The van der Waals surface area contributed by atoms with Crippen LogP contribution in [0.25, 0.3) is 0 Å². The molecular weight excluding hydrogens is 388 g/mol. The second-order valence-electron chi connectivity index (χ2n) is 7.37. The molecule has 0 atom stereocenters. The number of aliphatic imine (C=N–C) groups is 1. The Balaban J connectivity index is 1.64. The molecule has 2 N–H and O–H groups in total. The SMILES string of the molecule is Cc1[nH]nc2c1N=C(c1cnccc1Cl)c1cnc(N3CCN(C)CC3)cc1N2. The van der Waals surface area contributed by atoms with Gasteiger partial charge in [0.25, 0.3) is 0 Å². The second-order valence-corrected chi connectivity index (χ2v) is 7.77. The standard InChI is InChI=1S/C20H21ClN8/c1-12-18-20(27-26-12)24-16-9-17(29-7-5-28(2)6-8-29)23-11-14(16)19(25-18)13-10-22-4-3-15(13)21/h3-4,9-11H,5-8H2,1-2H3,(H2,24,26,27). The zero-order valence-electron chi connectivity index (χ0n) is 16.3. The Kier molecular flexibility index (Phi) is 4.44. The minimum atomic E-state index is 0.595. The van der Waals surface area contributed by atoms with Crippen LogP contribution < -0.4 is 10.2 Å². The maximum absolute atomic E-state index is 6.49. The average molecular weight is 409 g/mol. The molecule has 0 unspecified atom stereocenters. The van der Waals surface area contributed by atoms with Crippen molar-refractivity contribution in [1.82, 2.24) is 25.1 Å². The summed E-state index contributed by atoms with van der Waals surface area (Å²) in [7, 11) is 2.14. The maximum Gasteiger partial charge on any atom is 0.178 e. The number of aromatic nitrogens is 4. The molecule has 3 aromatic rings. The fourth-order valence-electron chi connectivity index (χ4n) is 3.65. The number of aromatic amines is 1. The zero-order chi connectivity index (χ0) is 20.0. The summed E-state index contributed by atoms with van der Waals surface area (Å²) < 4.78 is 0. The van der Waals surface area contributed by atoms with Crippen LogP contribution in [-0.4, -0.2) is 64.0 Å². The van der Waals surface area contributed by atoms with Crippen LogP contribution in [0.5, 0.6) is 0 Å². The van der Waals surface area contributed by atoms with Crippen molar-refractivity contribution >= 4 is 40.3 Å². The van der Waals surface area contributed by atoms with Gasteiger partial charge in [-0.25, -0.2) is 9.98 Å². The summed E-state index contributed by atoms with van der Waals surface area (Å²) in [5, 5.41) is 11.4. The van der Waals surface area contributed by atoms with Gasteiger partial charge in [0.05, 0.1) is 22.1 Å². The van der Waals surface area contributed by atoms with Crippen molar-refractivity contribution in [2.45, 2.75) is 6.92 Å². The summed E-state index contributed by atoms with van der Waals surface area (Å²) in [5.41, 5.74) is 4.90. The van der Waals surface area contributed by atoms with E-state index >= 15 is 0 Å². The van der Waals surface area contributed by atoms with Crippen molar-refractivity contribution in [3.05, 3.63) is 52.6 Å². The third-order valence-corrected chi connectivity index (χ3v) is 5.72. The lowest BCUT2D eigenvalue weighted by Crippen LogP contribution is -2.44. The van der Waals surface area contributed by atoms with E-state index in [1.54, 1.807) is 18.5 Å². The van der Waals surface area contributed by atoms with Crippen LogP contribution in [0.15, 0.2) is 35.7 Å². The van der Waals surface area contributed by atoms with Crippen LogP contribution in [0.1, 0.15) is 16.8 Å². The van der Waals surface area contributed by atoms with Crippen molar-refractivity contribution in [1.29, 1.82) is 0 Å². The number of piperazine rings is 1. The molecule has 2 aliphatic heterocycles. The molecular formula is C20H21ClN8. The predicted molar refractivity (Wildman–Crippen MR) is 115 cm³/mol. The van der Waals surface area contributed by atoms with E-state index in [0.29, 0.717) is 10.8 Å². The maximum atomic E-state index is 6.49. The first-order valence-corrected chi connectivity index (χ1v) is 9.92. The first-order valence-electron chi connectivity index (χ1n) is 9.54. The van der Waals surface area contributed by atoms with E-state index in [1.165, 1.54) is 0 Å². The zero-order valence-corrected chi connectivity index (χ0v) is 17.0. The quantitative estimate of drug-likeness (QED) is 0.530. The van der Waals surface area contributed by atoms with E-state index in [4.69, 9.17) is 21.6 Å². The van der Waals surface area contributed by atoms with Gasteiger partial charge >= 0.3 is 0 Å². The summed E-state index contributed by atoms with van der Waals surface area (Å²) in [6, 6.07) is 3.84. The third-order valence-electron chi connectivity index (χ3n) is 5.39. The van der Waals surface area contributed by atoms with Crippen molar-refractivity contribution < 1.29 is 0 Å². The van der Waals surface area contributed by atoms with Gasteiger partial charge in [-0.05, 0) is 20.0 Å². The lowest BCUT2D eigenvalue weighted by molar-refractivity contribution is 0.312. The Labute approximate surface area is 173 Å². The van der Waals surface area contributed by atoms with Gasteiger partial charge in [-0.1, -0.05) is 11.6 Å². The molecule has 0 bridgehead atoms. The van der Waals surface area contributed by atoms with Gasteiger partial charge in [0, 0.05) is 62.0 Å². The number of halogens is 1. The van der Waals surface area contributed by atoms with Gasteiger partial charge < -0.3 is 15.1 Å². The summed E-state index contributed by atoms with van der Waals surface area (Å²) in [5.74, 6) is 1.63. The number of fused-ring (bicyclic) bond motifs is 2. The van der Waals surface area contributed by atoms with Crippen molar-refractivity contribution in [3.63, 3.8) is 0 Å². The largest absolute Gasteiger partial charge is 0.354 e. The van der Waals surface area contributed by atoms with Gasteiger partial charge in [-0.3, -0.25) is 10.1 Å². The summed E-state index contributed by atoms with van der Waals surface area (Å²) >= 11 is 6.49. The highest BCUT2D eigenvalue weighted by Crippen LogP contribution is 2.38. The highest BCUT2D eigenvalue weighted by atomic mass is 35.5. The number of H-pyrrole nitrogens is 1. The van der Waals surface area contributed by atoms with Crippen LogP contribution in [-0.2, 0) is 0 Å². The predicted octanol–water partition coefficient (Wildman–Crippen LogP) is 3.14. The number of pyridine rings is 2. The topological polar surface area (TPSA) is 85.3 Å². The highest BCUT2D eigenvalue weighted by Gasteiger charge is 2.25. The molecule has 0 aromatic carbocycles. The van der Waals surface area contributed by atoms with Gasteiger partial charge in [0.15, 0.2) is 5.82 Å². The summed E-state index contributed by atoms with van der Waals surface area (Å²) in [4.78, 5) is 18.5. The molecule has 0 amide bonds. The van der Waals surface area contributed by atoms with Crippen molar-refractivity contribution in [2.24, 2.45) is 4.99 Å². The van der Waals surface area contributed by atoms with E-state index in [9.17, 15) is 0 Å². The molecule has 148 valence electrons. The smallest absolute Gasteiger partial charge is 0.178 e. The Bertz CT molecular complexity index is 1100. The van der Waals surface area contributed by atoms with E-state index in [-0.39, 0.29) is 0 Å². The fourth-order valence-corrected chi connectivity index (χ4v) is 3.84. The van der Waals surface area contributed by atoms with Crippen molar-refractivity contribution in [3.8, 4) is 0 Å². The molecule has 3 aromatic heterocycles. The Hall–Kier alpha value is -2.97. The number of hydrogen-bond donors (Lipinski definition) is 2. The lowest BCUT2D eigenvalue weighted by Gasteiger charge is -2.33. The van der Waals surface area contributed by atoms with Gasteiger partial charge in [-0.2, -0.15) is 5.10 Å². The fraction of sp³-hybridized carbons (Fsp3) is 0.300. The first-order chi connectivity index (χ1) is 14.1. The monoisotopic (exact) mass is 408 g/mol. The highest BCUT2D eigenvalue weighted by molar-refractivity contribution is 6.36. The summed E-state index contributed by atoms with van der Waals surface area (Å²) in [6.07, 6.45) is 5.27. The van der Waals surface area contributed by atoms with E-state index in [0.717, 1.165) is 65.9 Å². The molecule has 0 saturated carbocycles. The molecule has 0 aliphatic carbocycles. The Morgan fingerprint density at radius 2 is 1.93 bits per heavy atom. The number of aryl methyl sites for hydroxylation is 1. The number of rotatable bonds is 2. The molecule has 2 aliphatic rings. The molecule has 1 fully saturated rings. The molecule has 29 heavy (non-hydrogen) atoms. The number of likely N-dealkylation sites (N-methyl/N-ethyl adjacent to an activating group) is 1. The normalized spacial score (nSPS) is 16.5. The van der Waals surface area contributed by atoms with Crippen LogP contribution in [0.2, 0.25) is 5.02 Å². The number of nitrogens with one attached hydrogen (secondary N) is 2. The number of nitrogens with zero attached hydrogens (tertiary/aromatic N) is 6. The number of anilines is 3. The second kappa shape index (κ2) is 7.13. The molecule has 1 saturated heterocycles. The van der Waals surface area contributed by atoms with Crippen molar-refractivity contribution in [2.75, 3.05) is 43.4 Å². The first kappa shape index (κ1) is 18.1. The van der Waals surface area contributed by atoms with E-state index in [1.807, 2.05) is 13.1 Å². The molecule has 0 radical (unpaired) electrons. The molecule has 0 spiro atoms. The Morgan fingerprint density at radius 3 is 2.72 bits per heavy atom. The Morgan fingerprint density at radius 1 is 1.10 bits per heavy atom. The molecule has 5 rings (SSSR count). The van der Waals surface area contributed by atoms with Gasteiger partial charge in [0.2, 0.25) is 0 Å². The van der Waals surface area contributed by atoms with Gasteiger partial charge in [0.1, 0.15) is 11.5 Å². The van der Waals surface area contributed by atoms with Crippen LogP contribution in [0.3, 0.4) is 0 Å². The molecule has 8 nitrogen and oxygen atoms in total. The van der Waals surface area contributed by atoms with Crippen LogP contribution >= 0.6 is 11.6 Å². The number of hydrogen-bond acceptors (Lipinski definition) is 7. The van der Waals surface area contributed by atoms with E-state index < -0.39 is 0 Å². The van der Waals surface area contributed by atoms with E-state index in [2.05, 4.69) is 43.4 Å². The molecule has 5 heterocycles. The molecule has 9 heteroatoms. The minimum Gasteiger partial charge on any atom is -0.354 e. The summed E-state index contributed by atoms with van der Waals surface area (Å²) in [6.45, 7) is 5.89. The van der Waals surface area contributed by atoms with Gasteiger partial charge in [-0.15, -0.1) is 0 Å². The third kappa shape index (κ3) is 3.24. The minimum absolute atomic E-state index is 0.595. The lowest BCUT2D eigenvalue weighted by atomic mass is 10.0. The average Bonchev–Trinajstić information content (AvgIpc) is 2.98.